The first kappa shape index (κ1) is 21.1. The topological polar surface area (TPSA) is 79.6 Å². The average Bonchev–Trinajstić information content (AvgIpc) is 3.30. The zero-order valence-corrected chi connectivity index (χ0v) is 18.3. The lowest BCUT2D eigenvalue weighted by atomic mass is 10.1. The fourth-order valence-corrected chi connectivity index (χ4v) is 4.48. The van der Waals surface area contributed by atoms with Gasteiger partial charge in [0.2, 0.25) is 0 Å². The van der Waals surface area contributed by atoms with Gasteiger partial charge in [-0.25, -0.2) is 4.98 Å². The van der Waals surface area contributed by atoms with Crippen molar-refractivity contribution in [3.8, 4) is 0 Å². The number of thiazole rings is 1. The van der Waals surface area contributed by atoms with E-state index < -0.39 is 4.92 Å². The highest BCUT2D eigenvalue weighted by molar-refractivity contribution is 7.22. The van der Waals surface area contributed by atoms with E-state index >= 15 is 0 Å². The zero-order chi connectivity index (χ0) is 21.1. The number of amides is 1. The summed E-state index contributed by atoms with van der Waals surface area (Å²) in [6, 6.07) is 7.18. The van der Waals surface area contributed by atoms with Crippen LogP contribution in [0.2, 0.25) is 0 Å². The molecular weight excluding hydrogens is 408 g/mol. The fourth-order valence-electron chi connectivity index (χ4n) is 2.70. The number of fused-ring (bicyclic) bond motifs is 1. The molecule has 0 bridgehead atoms. The number of hydrogen-bond donors (Lipinski definition) is 0. The van der Waals surface area contributed by atoms with Crippen LogP contribution in [0.4, 0.5) is 10.1 Å². The normalized spacial score (nSPS) is 11.6. The van der Waals surface area contributed by atoms with E-state index in [1.165, 1.54) is 29.0 Å². The van der Waals surface area contributed by atoms with E-state index in [1.54, 1.807) is 17.0 Å². The van der Waals surface area contributed by atoms with E-state index in [4.69, 9.17) is 4.98 Å². The molecule has 1 aromatic carbocycles. The number of benzene rings is 1. The molecule has 0 radical (unpaired) electrons. The molecule has 152 valence electrons. The van der Waals surface area contributed by atoms with Crippen molar-refractivity contribution >= 4 is 55.0 Å². The van der Waals surface area contributed by atoms with Crippen LogP contribution in [0.25, 0.3) is 16.3 Å². The number of carbonyl (C=O) groups excluding carboxylic acids is 1. The Balaban J connectivity index is 1.89. The summed E-state index contributed by atoms with van der Waals surface area (Å²) in [5, 5.41) is 11.5. The smallest absolute Gasteiger partial charge is 0.308 e. The Morgan fingerprint density at radius 2 is 1.93 bits per heavy atom. The molecule has 29 heavy (non-hydrogen) atoms. The quantitative estimate of drug-likeness (QED) is 0.313. The van der Waals surface area contributed by atoms with Crippen LogP contribution < -0.4 is 4.90 Å². The molecule has 7 nitrogen and oxygen atoms in total. The van der Waals surface area contributed by atoms with Crippen molar-refractivity contribution < 1.29 is 9.72 Å². The second kappa shape index (κ2) is 8.81. The van der Waals surface area contributed by atoms with Gasteiger partial charge < -0.3 is 4.90 Å². The van der Waals surface area contributed by atoms with Crippen LogP contribution in [0.15, 0.2) is 30.3 Å². The van der Waals surface area contributed by atoms with Crippen molar-refractivity contribution in [2.75, 3.05) is 32.1 Å². The molecule has 0 aliphatic heterocycles. The number of aryl methyl sites for hydroxylation is 2. The minimum absolute atomic E-state index is 0.0542. The van der Waals surface area contributed by atoms with Crippen LogP contribution in [0.1, 0.15) is 16.0 Å². The van der Waals surface area contributed by atoms with E-state index in [0.29, 0.717) is 23.1 Å². The molecule has 2 aromatic heterocycles. The molecule has 0 fully saturated rings. The Morgan fingerprint density at radius 1 is 1.17 bits per heavy atom. The van der Waals surface area contributed by atoms with E-state index in [2.05, 4.69) is 6.07 Å². The molecule has 2 heterocycles. The van der Waals surface area contributed by atoms with Gasteiger partial charge in [0.05, 0.1) is 15.1 Å². The minimum Gasteiger partial charge on any atom is -0.308 e. The third kappa shape index (κ3) is 4.87. The number of hydrogen-bond acceptors (Lipinski definition) is 7. The molecule has 0 saturated carbocycles. The fraction of sp³-hybridized carbons (Fsp3) is 0.300. The summed E-state index contributed by atoms with van der Waals surface area (Å²) in [5.41, 5.74) is 3.21. The molecule has 9 heteroatoms. The summed E-state index contributed by atoms with van der Waals surface area (Å²) >= 11 is 2.53. The maximum atomic E-state index is 13.0. The Morgan fingerprint density at radius 3 is 2.59 bits per heavy atom. The molecule has 3 rings (SSSR count). The third-order valence-electron chi connectivity index (χ3n) is 4.52. The minimum atomic E-state index is -0.432. The van der Waals surface area contributed by atoms with Crippen LogP contribution >= 0.6 is 22.7 Å². The van der Waals surface area contributed by atoms with Gasteiger partial charge in [-0.15, -0.1) is 0 Å². The predicted octanol–water partition coefficient (Wildman–Crippen LogP) is 4.49. The van der Waals surface area contributed by atoms with Gasteiger partial charge in [0.1, 0.15) is 0 Å². The second-order valence-corrected chi connectivity index (χ2v) is 9.01. The highest BCUT2D eigenvalue weighted by atomic mass is 32.1. The number of nitrogens with zero attached hydrogens (tertiary/aromatic N) is 4. The molecule has 3 aromatic rings. The van der Waals surface area contributed by atoms with E-state index in [0.717, 1.165) is 27.1 Å². The van der Waals surface area contributed by atoms with Gasteiger partial charge in [-0.05, 0) is 57.3 Å². The lowest BCUT2D eigenvalue weighted by Crippen LogP contribution is -2.35. The largest absolute Gasteiger partial charge is 0.324 e. The van der Waals surface area contributed by atoms with Crippen molar-refractivity contribution in [1.82, 2.24) is 9.88 Å². The number of carbonyl (C=O) groups is 1. The van der Waals surface area contributed by atoms with E-state index in [1.807, 2.05) is 38.9 Å². The number of likely N-dealkylation sites (N-methyl/N-ethyl adjacent to an activating group) is 1. The first-order valence-electron chi connectivity index (χ1n) is 9.01. The summed E-state index contributed by atoms with van der Waals surface area (Å²) in [6.45, 7) is 5.28. The molecule has 0 spiro atoms. The van der Waals surface area contributed by atoms with Gasteiger partial charge in [-0.1, -0.05) is 28.7 Å². The number of rotatable bonds is 7. The monoisotopic (exact) mass is 430 g/mol. The summed E-state index contributed by atoms with van der Waals surface area (Å²) in [7, 11) is 3.91. The molecule has 0 saturated heterocycles. The van der Waals surface area contributed by atoms with Crippen molar-refractivity contribution in [1.29, 1.82) is 0 Å². The van der Waals surface area contributed by atoms with Gasteiger partial charge in [0.15, 0.2) is 5.13 Å². The van der Waals surface area contributed by atoms with Crippen molar-refractivity contribution in [3.05, 3.63) is 56.5 Å². The van der Waals surface area contributed by atoms with Crippen molar-refractivity contribution in [2.24, 2.45) is 0 Å². The predicted molar refractivity (Wildman–Crippen MR) is 120 cm³/mol. The van der Waals surface area contributed by atoms with Crippen LogP contribution in [-0.2, 0) is 4.79 Å². The van der Waals surface area contributed by atoms with Crippen LogP contribution in [0.3, 0.4) is 0 Å². The SMILES string of the molecule is Cc1ccc2sc(N(CCN(C)C)C(=O)/C=C/c3ccc([N+](=O)[O-])s3)nc2c1C. The molecule has 1 amide bonds. The van der Waals surface area contributed by atoms with Gasteiger partial charge in [-0.3, -0.25) is 19.8 Å². The maximum absolute atomic E-state index is 13.0. The van der Waals surface area contributed by atoms with E-state index in [9.17, 15) is 14.9 Å². The molecule has 0 aliphatic carbocycles. The highest BCUT2D eigenvalue weighted by Crippen LogP contribution is 2.32. The highest BCUT2D eigenvalue weighted by Gasteiger charge is 2.19. The summed E-state index contributed by atoms with van der Waals surface area (Å²) in [5.74, 6) is -0.198. The Kier molecular flexibility index (Phi) is 6.41. The van der Waals surface area contributed by atoms with Crippen LogP contribution in [0, 0.1) is 24.0 Å². The van der Waals surface area contributed by atoms with Crippen LogP contribution in [0.5, 0.6) is 0 Å². The molecule has 0 atom stereocenters. The second-order valence-electron chi connectivity index (χ2n) is 6.91. The maximum Gasteiger partial charge on any atom is 0.324 e. The van der Waals surface area contributed by atoms with E-state index in [-0.39, 0.29) is 10.9 Å². The molecular formula is C20H22N4O3S2. The summed E-state index contributed by atoms with van der Waals surface area (Å²) in [4.78, 5) is 32.4. The summed E-state index contributed by atoms with van der Waals surface area (Å²) < 4.78 is 1.05. The first-order valence-corrected chi connectivity index (χ1v) is 10.6. The lowest BCUT2D eigenvalue weighted by Gasteiger charge is -2.20. The van der Waals surface area contributed by atoms with Gasteiger partial charge in [-0.2, -0.15) is 0 Å². The van der Waals surface area contributed by atoms with Crippen molar-refractivity contribution in [2.45, 2.75) is 13.8 Å². The Hall–Kier alpha value is -2.62. The summed E-state index contributed by atoms with van der Waals surface area (Å²) in [6.07, 6.45) is 3.07. The zero-order valence-electron chi connectivity index (χ0n) is 16.7. The number of nitro groups is 1. The number of aromatic nitrogens is 1. The van der Waals surface area contributed by atoms with Gasteiger partial charge in [0, 0.05) is 30.1 Å². The molecule has 0 aliphatic rings. The lowest BCUT2D eigenvalue weighted by molar-refractivity contribution is -0.380. The third-order valence-corrected chi connectivity index (χ3v) is 6.57. The molecule has 0 unspecified atom stereocenters. The Bertz CT molecular complexity index is 1080. The van der Waals surface area contributed by atoms with Gasteiger partial charge in [0.25, 0.3) is 5.91 Å². The van der Waals surface area contributed by atoms with Crippen molar-refractivity contribution in [3.63, 3.8) is 0 Å². The Labute approximate surface area is 177 Å². The molecule has 0 N–H and O–H groups in total. The number of anilines is 1. The van der Waals surface area contributed by atoms with Crippen LogP contribution in [-0.4, -0.2) is 47.9 Å². The average molecular weight is 431 g/mol. The van der Waals surface area contributed by atoms with Gasteiger partial charge >= 0.3 is 5.00 Å². The first-order chi connectivity index (χ1) is 13.8. The number of thiophene rings is 1. The standard InChI is InChI=1S/C20H22N4O3S2/c1-13-5-8-16-19(14(13)2)21-20(29-16)23(12-11-22(3)4)17(25)9-6-15-7-10-18(28-15)24(26)27/h5-10H,11-12H2,1-4H3/b9-6+.